The van der Waals surface area contributed by atoms with Gasteiger partial charge in [-0.15, -0.1) is 0 Å². The van der Waals surface area contributed by atoms with E-state index in [1.54, 1.807) is 0 Å². The first-order valence-corrected chi connectivity index (χ1v) is 7.55. The van der Waals surface area contributed by atoms with Gasteiger partial charge in [-0.25, -0.2) is 0 Å². The molecule has 138 valence electrons. The van der Waals surface area contributed by atoms with Crippen LogP contribution in [0.1, 0.15) is 16.7 Å². The maximum absolute atomic E-state index is 13.1. The number of benzene rings is 2. The number of hydrogen-bond donors (Lipinski definition) is 0. The minimum Gasteiger partial charge on any atom is -0.358 e. The van der Waals surface area contributed by atoms with Gasteiger partial charge in [0.25, 0.3) is 0 Å². The third kappa shape index (κ3) is 5.30. The van der Waals surface area contributed by atoms with Crippen LogP contribution in [0.4, 0.5) is 32.0 Å². The summed E-state index contributed by atoms with van der Waals surface area (Å²) in [6.07, 6.45) is -9.49. The van der Waals surface area contributed by atoms with Crippen LogP contribution in [0.2, 0.25) is 5.02 Å². The molecule has 0 bridgehead atoms. The molecule has 0 amide bonds. The summed E-state index contributed by atoms with van der Waals surface area (Å²) in [4.78, 5) is 0.752. The highest BCUT2D eigenvalue weighted by atomic mass is 35.5. The van der Waals surface area contributed by atoms with Gasteiger partial charge in [0.2, 0.25) is 0 Å². The van der Waals surface area contributed by atoms with E-state index in [0.717, 1.165) is 17.0 Å². The summed E-state index contributed by atoms with van der Waals surface area (Å²) in [5, 5.41) is 9.10. The van der Waals surface area contributed by atoms with E-state index >= 15 is 0 Å². The molecule has 0 aromatic heterocycles. The topological polar surface area (TPSA) is 27.0 Å². The molecule has 0 spiro atoms. The standard InChI is InChI=1S/C17H11ClF6N2/c18-13-3-1-2-11(6-13)9-26(10-16(19,20)21)14-5-4-12(8-25)15(7-14)17(22,23)24/h1-7H,9-10H2. The fraction of sp³-hybridized carbons (Fsp3) is 0.235. The van der Waals surface area contributed by atoms with Crippen molar-refractivity contribution < 1.29 is 26.3 Å². The molecular formula is C17H11ClF6N2. The van der Waals surface area contributed by atoms with Crippen molar-refractivity contribution in [1.29, 1.82) is 5.26 Å². The molecule has 0 atom stereocenters. The van der Waals surface area contributed by atoms with E-state index in [1.165, 1.54) is 30.3 Å². The normalized spacial score (nSPS) is 11.9. The summed E-state index contributed by atoms with van der Waals surface area (Å²) >= 11 is 5.81. The van der Waals surface area contributed by atoms with E-state index < -0.39 is 30.0 Å². The van der Waals surface area contributed by atoms with E-state index in [1.807, 2.05) is 0 Å². The van der Waals surface area contributed by atoms with Crippen LogP contribution in [0, 0.1) is 11.3 Å². The Labute approximate surface area is 150 Å². The Balaban J connectivity index is 2.47. The van der Waals surface area contributed by atoms with Crippen LogP contribution in [0.15, 0.2) is 42.5 Å². The van der Waals surface area contributed by atoms with Crippen molar-refractivity contribution in [2.75, 3.05) is 11.4 Å². The van der Waals surface area contributed by atoms with Crippen molar-refractivity contribution in [3.8, 4) is 6.07 Å². The van der Waals surface area contributed by atoms with Gasteiger partial charge in [-0.2, -0.15) is 31.6 Å². The first kappa shape index (κ1) is 19.9. The van der Waals surface area contributed by atoms with Gasteiger partial charge in [-0.05, 0) is 35.9 Å². The molecule has 0 fully saturated rings. The molecule has 26 heavy (non-hydrogen) atoms. The van der Waals surface area contributed by atoms with Crippen molar-refractivity contribution >= 4 is 17.3 Å². The first-order chi connectivity index (χ1) is 12.0. The molecule has 0 aliphatic carbocycles. The van der Waals surface area contributed by atoms with Crippen LogP contribution >= 0.6 is 11.6 Å². The lowest BCUT2D eigenvalue weighted by Crippen LogP contribution is -2.34. The number of halogens is 7. The second kappa shape index (κ2) is 7.46. The summed E-state index contributed by atoms with van der Waals surface area (Å²) < 4.78 is 78.0. The molecule has 9 heteroatoms. The highest BCUT2D eigenvalue weighted by Gasteiger charge is 2.36. The lowest BCUT2D eigenvalue weighted by Gasteiger charge is -2.27. The third-order valence-corrected chi connectivity index (χ3v) is 3.66. The fourth-order valence-electron chi connectivity index (χ4n) is 2.37. The zero-order chi connectivity index (χ0) is 19.5. The second-order valence-corrected chi connectivity index (χ2v) is 5.88. The number of nitriles is 1. The minimum absolute atomic E-state index is 0.297. The molecule has 2 aromatic rings. The first-order valence-electron chi connectivity index (χ1n) is 7.17. The predicted molar refractivity (Wildman–Crippen MR) is 84.7 cm³/mol. The van der Waals surface area contributed by atoms with Crippen LogP contribution in [0.25, 0.3) is 0 Å². The highest BCUT2D eigenvalue weighted by Crippen LogP contribution is 2.35. The average molecular weight is 393 g/mol. The molecule has 2 rings (SSSR count). The van der Waals surface area contributed by atoms with Crippen molar-refractivity contribution in [3.05, 3.63) is 64.2 Å². The van der Waals surface area contributed by atoms with Crippen LogP contribution < -0.4 is 4.90 Å². The Morgan fingerprint density at radius 2 is 1.69 bits per heavy atom. The smallest absolute Gasteiger partial charge is 0.358 e. The molecule has 0 N–H and O–H groups in total. The maximum atomic E-state index is 13.1. The van der Waals surface area contributed by atoms with E-state index in [2.05, 4.69) is 0 Å². The van der Waals surface area contributed by atoms with Crippen molar-refractivity contribution in [2.45, 2.75) is 18.9 Å². The molecule has 0 saturated heterocycles. The number of alkyl halides is 6. The summed E-state index contributed by atoms with van der Waals surface area (Å²) in [6.45, 7) is -1.76. The molecule has 0 saturated carbocycles. The van der Waals surface area contributed by atoms with Crippen molar-refractivity contribution in [3.63, 3.8) is 0 Å². The van der Waals surface area contributed by atoms with Gasteiger partial charge in [0.15, 0.2) is 0 Å². The van der Waals surface area contributed by atoms with Gasteiger partial charge < -0.3 is 4.90 Å². The van der Waals surface area contributed by atoms with Crippen LogP contribution in [0.3, 0.4) is 0 Å². The van der Waals surface area contributed by atoms with Gasteiger partial charge in [-0.1, -0.05) is 23.7 Å². The molecule has 0 aliphatic rings. The Hall–Kier alpha value is -2.40. The minimum atomic E-state index is -4.86. The molecule has 0 heterocycles. The lowest BCUT2D eigenvalue weighted by molar-refractivity contribution is -0.137. The maximum Gasteiger partial charge on any atom is 0.417 e. The largest absolute Gasteiger partial charge is 0.417 e. The zero-order valence-electron chi connectivity index (χ0n) is 13.0. The van der Waals surface area contributed by atoms with Gasteiger partial charge >= 0.3 is 12.4 Å². The van der Waals surface area contributed by atoms with E-state index in [4.69, 9.17) is 16.9 Å². The van der Waals surface area contributed by atoms with Gasteiger partial charge in [0.1, 0.15) is 6.54 Å². The number of nitrogens with zero attached hydrogens (tertiary/aromatic N) is 2. The van der Waals surface area contributed by atoms with Crippen molar-refractivity contribution in [2.24, 2.45) is 0 Å². The quantitative estimate of drug-likeness (QED) is 0.615. The molecule has 2 nitrogen and oxygen atoms in total. The predicted octanol–water partition coefficient (Wildman–Crippen LogP) is 5.80. The van der Waals surface area contributed by atoms with Crippen LogP contribution in [-0.2, 0) is 12.7 Å². The van der Waals surface area contributed by atoms with E-state index in [0.29, 0.717) is 16.7 Å². The SMILES string of the molecule is N#Cc1ccc(N(Cc2cccc(Cl)c2)CC(F)(F)F)cc1C(F)(F)F. The van der Waals surface area contributed by atoms with E-state index in [-0.39, 0.29) is 12.2 Å². The highest BCUT2D eigenvalue weighted by molar-refractivity contribution is 6.30. The Morgan fingerprint density at radius 3 is 2.23 bits per heavy atom. The monoisotopic (exact) mass is 392 g/mol. The summed E-state index contributed by atoms with van der Waals surface area (Å²) in [6, 6.07) is 9.87. The Kier molecular flexibility index (Phi) is 5.71. The van der Waals surface area contributed by atoms with Crippen LogP contribution in [0.5, 0.6) is 0 Å². The number of hydrogen-bond acceptors (Lipinski definition) is 2. The molecular weight excluding hydrogens is 382 g/mol. The van der Waals surface area contributed by atoms with Crippen LogP contribution in [-0.4, -0.2) is 12.7 Å². The zero-order valence-corrected chi connectivity index (χ0v) is 13.8. The lowest BCUT2D eigenvalue weighted by atomic mass is 10.1. The van der Waals surface area contributed by atoms with Crippen molar-refractivity contribution in [1.82, 2.24) is 0 Å². The van der Waals surface area contributed by atoms with E-state index in [9.17, 15) is 26.3 Å². The fourth-order valence-corrected chi connectivity index (χ4v) is 2.58. The Morgan fingerprint density at radius 1 is 1.00 bits per heavy atom. The summed E-state index contributed by atoms with van der Waals surface area (Å²) in [5.74, 6) is 0. The third-order valence-electron chi connectivity index (χ3n) is 3.43. The molecule has 2 aromatic carbocycles. The number of rotatable bonds is 4. The molecule has 0 radical (unpaired) electrons. The molecule has 0 unspecified atom stereocenters. The second-order valence-electron chi connectivity index (χ2n) is 5.44. The average Bonchev–Trinajstić information content (AvgIpc) is 2.51. The Bertz CT molecular complexity index is 823. The molecule has 0 aliphatic heterocycles. The van der Waals surface area contributed by atoms with Gasteiger partial charge in [0, 0.05) is 17.3 Å². The summed E-state index contributed by atoms with van der Waals surface area (Å²) in [7, 11) is 0. The number of anilines is 1. The van der Waals surface area contributed by atoms with Gasteiger partial charge in [0.05, 0.1) is 17.2 Å². The summed E-state index contributed by atoms with van der Waals surface area (Å²) in [5.41, 5.74) is -1.83. The van der Waals surface area contributed by atoms with Gasteiger partial charge in [-0.3, -0.25) is 0 Å².